The third-order valence-corrected chi connectivity index (χ3v) is 9.56. The molecule has 3 amide bonds. The number of primary amides is 1. The van der Waals surface area contributed by atoms with Crippen molar-refractivity contribution in [2.45, 2.75) is 81.5 Å². The summed E-state index contributed by atoms with van der Waals surface area (Å²) in [5.41, 5.74) is 6.32. The number of likely N-dealkylation sites (tertiary alicyclic amines) is 1. The lowest BCUT2D eigenvalue weighted by Gasteiger charge is -2.28. The van der Waals surface area contributed by atoms with E-state index in [1.807, 2.05) is 18.2 Å². The number of hydrogen-bond acceptors (Lipinski definition) is 6. The molecule has 3 aliphatic rings. The number of unbranched alkanes of at least 4 members (excludes halogenated alkanes) is 3. The third-order valence-electron chi connectivity index (χ3n) is 7.48. The molecule has 1 saturated heterocycles. The molecule has 0 aromatic heterocycles. The van der Waals surface area contributed by atoms with Gasteiger partial charge in [-0.1, -0.05) is 36.6 Å². The molecule has 9 nitrogen and oxygen atoms in total. The first kappa shape index (κ1) is 28.4. The molecule has 4 N–H and O–H groups in total. The van der Waals surface area contributed by atoms with Crippen molar-refractivity contribution in [1.82, 2.24) is 9.62 Å². The maximum atomic E-state index is 13.3. The van der Waals surface area contributed by atoms with Gasteiger partial charge in [0.15, 0.2) is 0 Å². The van der Waals surface area contributed by atoms with Crippen molar-refractivity contribution < 1.29 is 22.8 Å². The molecule has 1 heterocycles. The molecule has 2 aliphatic carbocycles. The Morgan fingerprint density at radius 2 is 1.84 bits per heavy atom. The van der Waals surface area contributed by atoms with Crippen LogP contribution in [0.1, 0.15) is 64.2 Å². The predicted octanol–water partition coefficient (Wildman–Crippen LogP) is 3.35. The summed E-state index contributed by atoms with van der Waals surface area (Å²) in [6.45, 7) is 0.530. The van der Waals surface area contributed by atoms with Crippen molar-refractivity contribution >= 4 is 45.0 Å². The number of carbonyl (C=O) groups excluding carboxylic acids is 3. The van der Waals surface area contributed by atoms with Gasteiger partial charge in [-0.2, -0.15) is 0 Å². The van der Waals surface area contributed by atoms with Gasteiger partial charge in [-0.15, -0.1) is 0 Å². The molecule has 1 aromatic carbocycles. The lowest BCUT2D eigenvalue weighted by Crippen LogP contribution is -2.49. The van der Waals surface area contributed by atoms with Crippen molar-refractivity contribution in [2.24, 2.45) is 17.6 Å². The average molecular weight is 565 g/mol. The quantitative estimate of drug-likeness (QED) is 0.234. The number of nitrogens with zero attached hydrogens (tertiary/aromatic N) is 1. The molecule has 2 saturated carbocycles. The molecular formula is C27H37ClN4O5S. The molecule has 0 unspecified atom stereocenters. The van der Waals surface area contributed by atoms with Crippen molar-refractivity contribution in [3.8, 4) is 0 Å². The number of allylic oxidation sites excluding steroid dienone is 2. The minimum Gasteiger partial charge on any atom is -0.374 e. The van der Waals surface area contributed by atoms with Crippen molar-refractivity contribution in [3.63, 3.8) is 0 Å². The Kier molecular flexibility index (Phi) is 9.36. The normalized spacial score (nSPS) is 23.8. The number of benzene rings is 1. The lowest BCUT2D eigenvalue weighted by atomic mass is 10.0. The third kappa shape index (κ3) is 7.72. The fourth-order valence-electron chi connectivity index (χ4n) is 5.00. The van der Waals surface area contributed by atoms with Gasteiger partial charge in [0.05, 0.1) is 5.25 Å². The highest BCUT2D eigenvalue weighted by Crippen LogP contribution is 2.40. The maximum absolute atomic E-state index is 13.3. The van der Waals surface area contributed by atoms with E-state index < -0.39 is 33.3 Å². The average Bonchev–Trinajstić information content (AvgIpc) is 3.80. The van der Waals surface area contributed by atoms with Crippen LogP contribution in [0.25, 0.3) is 0 Å². The Bertz CT molecular complexity index is 1150. The van der Waals surface area contributed by atoms with Crippen LogP contribution in [0, 0.1) is 11.8 Å². The smallest absolute Gasteiger partial charge is 0.245 e. The van der Waals surface area contributed by atoms with Crippen LogP contribution in [0.4, 0.5) is 5.69 Å². The second-order valence-corrected chi connectivity index (χ2v) is 13.0. The Hall–Kier alpha value is -2.59. The molecule has 1 aromatic rings. The molecule has 3 fully saturated rings. The number of amides is 3. The Morgan fingerprint density at radius 3 is 2.53 bits per heavy atom. The van der Waals surface area contributed by atoms with Gasteiger partial charge in [-0.05, 0) is 81.5 Å². The molecule has 0 spiro atoms. The highest BCUT2D eigenvalue weighted by atomic mass is 35.5. The minimum absolute atomic E-state index is 0.105. The van der Waals surface area contributed by atoms with Gasteiger partial charge in [0.25, 0.3) is 0 Å². The van der Waals surface area contributed by atoms with Crippen LogP contribution in [0.5, 0.6) is 0 Å². The Morgan fingerprint density at radius 1 is 1.11 bits per heavy atom. The summed E-state index contributed by atoms with van der Waals surface area (Å²) in [5, 5.41) is 3.53. The number of halogens is 1. The van der Waals surface area contributed by atoms with Crippen LogP contribution in [0.2, 0.25) is 5.02 Å². The SMILES string of the molecule is NC(=O)[C@@H]1CCCN1C(=O)[C@H](CCCCC/C=C\[C@@H]1C[C@@H]1C(=O)NS(=O)(=O)C1CC1)Nc1ccc(Cl)cc1. The zero-order chi connectivity index (χ0) is 27.3. The van der Waals surface area contributed by atoms with Gasteiger partial charge in [-0.3, -0.25) is 19.1 Å². The number of sulfonamides is 1. The van der Waals surface area contributed by atoms with Crippen LogP contribution < -0.4 is 15.8 Å². The van der Waals surface area contributed by atoms with E-state index in [1.165, 1.54) is 0 Å². The van der Waals surface area contributed by atoms with Crippen molar-refractivity contribution in [3.05, 3.63) is 41.4 Å². The van der Waals surface area contributed by atoms with Gasteiger partial charge < -0.3 is 16.0 Å². The van der Waals surface area contributed by atoms with Crippen LogP contribution in [-0.2, 0) is 24.4 Å². The summed E-state index contributed by atoms with van der Waals surface area (Å²) in [6, 6.07) is 6.17. The molecular weight excluding hydrogens is 528 g/mol. The first-order valence-electron chi connectivity index (χ1n) is 13.5. The fraction of sp³-hybridized carbons (Fsp3) is 0.593. The van der Waals surface area contributed by atoms with E-state index >= 15 is 0 Å². The van der Waals surface area contributed by atoms with E-state index in [0.717, 1.165) is 37.8 Å². The van der Waals surface area contributed by atoms with E-state index in [4.69, 9.17) is 17.3 Å². The standard InChI is InChI=1S/C27H37ClN4O5S/c28-19-10-12-20(13-11-19)30-23(27(35)32-16-6-9-24(32)25(29)33)8-5-3-1-2-4-7-18-17-22(18)26(34)31-38(36,37)21-14-15-21/h4,7,10-13,18,21-24,30H,1-3,5-6,8-9,14-17H2,(H2,29,33)(H,31,34)/b7-4-/t18-,22+,23+,24+/m1/s1. The number of carbonyl (C=O) groups is 3. The highest BCUT2D eigenvalue weighted by Gasteiger charge is 2.45. The number of hydrogen-bond donors (Lipinski definition) is 3. The van der Waals surface area contributed by atoms with Crippen LogP contribution in [-0.4, -0.2) is 54.9 Å². The van der Waals surface area contributed by atoms with Gasteiger partial charge in [-0.25, -0.2) is 8.42 Å². The molecule has 4 rings (SSSR count). The van der Waals surface area contributed by atoms with E-state index in [9.17, 15) is 22.8 Å². The molecule has 4 atom stereocenters. The summed E-state index contributed by atoms with van der Waals surface area (Å²) in [5.74, 6) is -1.10. The second kappa shape index (κ2) is 12.5. The van der Waals surface area contributed by atoms with Crippen molar-refractivity contribution in [1.29, 1.82) is 0 Å². The maximum Gasteiger partial charge on any atom is 0.245 e. The van der Waals surface area contributed by atoms with E-state index in [-0.39, 0.29) is 23.7 Å². The number of nitrogens with one attached hydrogen (secondary N) is 2. The molecule has 1 aliphatic heterocycles. The first-order valence-corrected chi connectivity index (χ1v) is 15.4. The van der Waals surface area contributed by atoms with E-state index in [0.29, 0.717) is 43.7 Å². The number of rotatable bonds is 14. The summed E-state index contributed by atoms with van der Waals surface area (Å²) in [4.78, 5) is 38.9. The largest absolute Gasteiger partial charge is 0.374 e. The minimum atomic E-state index is -3.48. The monoisotopic (exact) mass is 564 g/mol. The first-order chi connectivity index (χ1) is 18.2. The second-order valence-electron chi connectivity index (χ2n) is 10.6. The van der Waals surface area contributed by atoms with Gasteiger partial charge in [0.2, 0.25) is 27.7 Å². The molecule has 0 bridgehead atoms. The van der Waals surface area contributed by atoms with Crippen LogP contribution >= 0.6 is 11.6 Å². The van der Waals surface area contributed by atoms with Gasteiger partial charge in [0, 0.05) is 23.2 Å². The summed E-state index contributed by atoms with van der Waals surface area (Å²) >= 11 is 5.99. The molecule has 208 valence electrons. The van der Waals surface area contributed by atoms with Gasteiger partial charge >= 0.3 is 0 Å². The summed E-state index contributed by atoms with van der Waals surface area (Å²) in [6.07, 6.45) is 11.5. The van der Waals surface area contributed by atoms with Crippen LogP contribution in [0.15, 0.2) is 36.4 Å². The number of nitrogens with two attached hydrogens (primary N) is 1. The number of anilines is 1. The zero-order valence-electron chi connectivity index (χ0n) is 21.5. The lowest BCUT2D eigenvalue weighted by molar-refractivity contribution is -0.138. The summed E-state index contributed by atoms with van der Waals surface area (Å²) < 4.78 is 26.1. The molecule has 0 radical (unpaired) electrons. The molecule has 11 heteroatoms. The molecule has 38 heavy (non-hydrogen) atoms. The van der Waals surface area contributed by atoms with E-state index in [2.05, 4.69) is 16.1 Å². The predicted molar refractivity (Wildman–Crippen MR) is 147 cm³/mol. The van der Waals surface area contributed by atoms with Crippen molar-refractivity contribution in [2.75, 3.05) is 11.9 Å². The zero-order valence-corrected chi connectivity index (χ0v) is 23.1. The van der Waals surface area contributed by atoms with Crippen LogP contribution in [0.3, 0.4) is 0 Å². The van der Waals surface area contributed by atoms with Gasteiger partial charge in [0.1, 0.15) is 12.1 Å². The summed E-state index contributed by atoms with van der Waals surface area (Å²) in [7, 11) is -3.48. The van der Waals surface area contributed by atoms with E-state index in [1.54, 1.807) is 17.0 Å². The fourth-order valence-corrected chi connectivity index (χ4v) is 6.48. The Balaban J connectivity index is 1.20. The topological polar surface area (TPSA) is 139 Å². The highest BCUT2D eigenvalue weighted by molar-refractivity contribution is 7.90. The Labute approximate surface area is 229 Å².